The number of halogens is 1. The summed E-state index contributed by atoms with van der Waals surface area (Å²) in [4.78, 5) is 33.9. The molecule has 2 amide bonds. The van der Waals surface area contributed by atoms with Crippen LogP contribution in [0.3, 0.4) is 0 Å². The molecule has 1 saturated carbocycles. The van der Waals surface area contributed by atoms with Crippen LogP contribution in [0.1, 0.15) is 61.6 Å². The first-order valence-electron chi connectivity index (χ1n) is 11.8. The summed E-state index contributed by atoms with van der Waals surface area (Å²) >= 11 is 6.07. The molecule has 0 saturated heterocycles. The molecule has 172 valence electrons. The molecule has 3 aromatic rings. The second-order valence-electron chi connectivity index (χ2n) is 9.46. The van der Waals surface area contributed by atoms with Gasteiger partial charge in [0.1, 0.15) is 5.54 Å². The van der Waals surface area contributed by atoms with Gasteiger partial charge in [0.05, 0.1) is 17.6 Å². The zero-order valence-electron chi connectivity index (χ0n) is 18.9. The number of carbonyl (C=O) groups is 2. The third-order valence-electron chi connectivity index (χ3n) is 7.09. The molecule has 1 aliphatic carbocycles. The molecule has 2 aliphatic rings. The molecule has 1 N–H and O–H groups in total. The number of aromatic nitrogens is 2. The van der Waals surface area contributed by atoms with Gasteiger partial charge in [-0.3, -0.25) is 9.59 Å². The van der Waals surface area contributed by atoms with Crippen molar-refractivity contribution in [3.05, 3.63) is 64.9 Å². The number of para-hydroxylation sites is 2. The normalized spacial score (nSPS) is 21.6. The minimum Gasteiger partial charge on any atom is -0.351 e. The Labute approximate surface area is 198 Å². The lowest BCUT2D eigenvalue weighted by Crippen LogP contribution is -2.64. The summed E-state index contributed by atoms with van der Waals surface area (Å²) in [5.74, 6) is 0.0518. The van der Waals surface area contributed by atoms with Crippen LogP contribution in [0.2, 0.25) is 5.02 Å². The van der Waals surface area contributed by atoms with E-state index < -0.39 is 5.54 Å². The van der Waals surface area contributed by atoms with Crippen LogP contribution in [0, 0.1) is 0 Å². The highest BCUT2D eigenvalue weighted by Crippen LogP contribution is 2.32. The van der Waals surface area contributed by atoms with Crippen LogP contribution in [0.5, 0.6) is 0 Å². The lowest BCUT2D eigenvalue weighted by atomic mass is 9.93. The average molecular weight is 465 g/mol. The number of nitrogens with zero attached hydrogens (tertiary/aromatic N) is 3. The van der Waals surface area contributed by atoms with Crippen molar-refractivity contribution in [2.45, 2.75) is 70.1 Å². The van der Waals surface area contributed by atoms with Gasteiger partial charge in [0.2, 0.25) is 5.91 Å². The molecule has 0 radical (unpaired) electrons. The predicted molar refractivity (Wildman–Crippen MR) is 129 cm³/mol. The molecule has 6 nitrogen and oxygen atoms in total. The Hall–Kier alpha value is -2.86. The van der Waals surface area contributed by atoms with Crippen LogP contribution in [-0.4, -0.2) is 37.8 Å². The smallest absolute Gasteiger partial charge is 0.291 e. The van der Waals surface area contributed by atoms with Gasteiger partial charge in [-0.25, -0.2) is 4.98 Å². The number of benzene rings is 2. The summed E-state index contributed by atoms with van der Waals surface area (Å²) in [7, 11) is 0. The van der Waals surface area contributed by atoms with E-state index in [0.29, 0.717) is 23.9 Å². The van der Waals surface area contributed by atoms with Gasteiger partial charge in [-0.2, -0.15) is 0 Å². The highest BCUT2D eigenvalue weighted by atomic mass is 35.5. The van der Waals surface area contributed by atoms with Crippen molar-refractivity contribution in [1.29, 1.82) is 0 Å². The van der Waals surface area contributed by atoms with Crippen molar-refractivity contribution in [2.24, 2.45) is 0 Å². The minimum atomic E-state index is -1.04. The van der Waals surface area contributed by atoms with E-state index in [4.69, 9.17) is 11.6 Å². The minimum absolute atomic E-state index is 0.0971. The van der Waals surface area contributed by atoms with Crippen molar-refractivity contribution < 1.29 is 9.59 Å². The SMILES string of the molecule is C[C@]1(C(=O)NC2CCCCCC2)Cn2c(nc3ccccc32)C(=O)N1Cc1ccc(Cl)cc1. The second kappa shape index (κ2) is 8.82. The molecule has 5 rings (SSSR count). The van der Waals surface area contributed by atoms with Gasteiger partial charge in [0.25, 0.3) is 5.91 Å². The largest absolute Gasteiger partial charge is 0.351 e. The molecule has 33 heavy (non-hydrogen) atoms. The zero-order valence-corrected chi connectivity index (χ0v) is 19.6. The van der Waals surface area contributed by atoms with Gasteiger partial charge < -0.3 is 14.8 Å². The van der Waals surface area contributed by atoms with Crippen LogP contribution >= 0.6 is 11.6 Å². The van der Waals surface area contributed by atoms with Crippen molar-refractivity contribution in [3.63, 3.8) is 0 Å². The summed E-state index contributed by atoms with van der Waals surface area (Å²) < 4.78 is 1.91. The number of carbonyl (C=O) groups excluding carboxylic acids is 2. The molecule has 2 aromatic carbocycles. The predicted octanol–water partition coefficient (Wildman–Crippen LogP) is 4.94. The molecular formula is C26H29ClN4O2. The van der Waals surface area contributed by atoms with E-state index in [1.54, 1.807) is 4.90 Å². The lowest BCUT2D eigenvalue weighted by molar-refractivity contribution is -0.134. The average Bonchev–Trinajstić information content (AvgIpc) is 2.98. The van der Waals surface area contributed by atoms with E-state index in [1.165, 1.54) is 12.8 Å². The van der Waals surface area contributed by atoms with E-state index in [0.717, 1.165) is 42.3 Å². The number of rotatable bonds is 4. The zero-order chi connectivity index (χ0) is 23.0. The monoisotopic (exact) mass is 464 g/mol. The lowest BCUT2D eigenvalue weighted by Gasteiger charge is -2.44. The maximum absolute atomic E-state index is 13.8. The maximum atomic E-state index is 13.8. The van der Waals surface area contributed by atoms with Crippen LogP contribution < -0.4 is 5.32 Å². The van der Waals surface area contributed by atoms with Gasteiger partial charge in [-0.05, 0) is 49.6 Å². The molecule has 0 unspecified atom stereocenters. The second-order valence-corrected chi connectivity index (χ2v) is 9.90. The molecule has 7 heteroatoms. The maximum Gasteiger partial charge on any atom is 0.291 e. The fourth-order valence-electron chi connectivity index (χ4n) is 5.11. The summed E-state index contributed by atoms with van der Waals surface area (Å²) in [6.45, 7) is 2.55. The van der Waals surface area contributed by atoms with Crippen LogP contribution in [-0.2, 0) is 17.9 Å². The molecule has 2 heterocycles. The van der Waals surface area contributed by atoms with Crippen molar-refractivity contribution in [3.8, 4) is 0 Å². The van der Waals surface area contributed by atoms with Crippen molar-refractivity contribution in [2.75, 3.05) is 0 Å². The third kappa shape index (κ3) is 4.12. The van der Waals surface area contributed by atoms with Crippen LogP contribution in [0.15, 0.2) is 48.5 Å². The van der Waals surface area contributed by atoms with E-state index in [2.05, 4.69) is 10.3 Å². The summed E-state index contributed by atoms with van der Waals surface area (Å²) in [5, 5.41) is 3.94. The fourth-order valence-corrected chi connectivity index (χ4v) is 5.24. The van der Waals surface area contributed by atoms with Crippen LogP contribution in [0.25, 0.3) is 11.0 Å². The number of imidazole rings is 1. The third-order valence-corrected chi connectivity index (χ3v) is 7.34. The highest BCUT2D eigenvalue weighted by molar-refractivity contribution is 6.30. The summed E-state index contributed by atoms with van der Waals surface area (Å²) in [6, 6.07) is 15.3. The van der Waals surface area contributed by atoms with E-state index in [1.807, 2.05) is 60.0 Å². The van der Waals surface area contributed by atoms with E-state index in [-0.39, 0.29) is 17.9 Å². The number of amides is 2. The molecular weight excluding hydrogens is 436 g/mol. The molecule has 1 aliphatic heterocycles. The quantitative estimate of drug-likeness (QED) is 0.556. The number of hydrogen-bond acceptors (Lipinski definition) is 3. The van der Waals surface area contributed by atoms with Gasteiger partial charge in [-0.1, -0.05) is 61.5 Å². The number of hydrogen-bond donors (Lipinski definition) is 1. The summed E-state index contributed by atoms with van der Waals surface area (Å²) in [6.07, 6.45) is 6.68. The Morgan fingerprint density at radius 3 is 2.52 bits per heavy atom. The Morgan fingerprint density at radius 1 is 1.09 bits per heavy atom. The topological polar surface area (TPSA) is 67.2 Å². The molecule has 1 atom stereocenters. The molecule has 0 bridgehead atoms. The first-order chi connectivity index (χ1) is 16.0. The van der Waals surface area contributed by atoms with Crippen LogP contribution in [0.4, 0.5) is 0 Å². The van der Waals surface area contributed by atoms with E-state index in [9.17, 15) is 9.59 Å². The summed E-state index contributed by atoms with van der Waals surface area (Å²) in [5.41, 5.74) is 1.52. The molecule has 1 aromatic heterocycles. The van der Waals surface area contributed by atoms with Crippen molar-refractivity contribution >= 4 is 34.4 Å². The first-order valence-corrected chi connectivity index (χ1v) is 12.2. The highest BCUT2D eigenvalue weighted by Gasteiger charge is 2.48. The Balaban J connectivity index is 1.53. The standard InChI is InChI=1S/C26H29ClN4O2/c1-26(25(33)28-20-8-4-2-3-5-9-20)17-30-22-11-7-6-10-21(22)29-23(30)24(32)31(26)16-18-12-14-19(27)15-13-18/h6-7,10-15,20H,2-5,8-9,16-17H2,1H3,(H,28,33)/t26-/m1/s1. The first kappa shape index (κ1) is 22.0. The van der Waals surface area contributed by atoms with Gasteiger partial charge >= 0.3 is 0 Å². The van der Waals surface area contributed by atoms with Gasteiger partial charge in [0.15, 0.2) is 5.82 Å². The molecule has 1 fully saturated rings. The van der Waals surface area contributed by atoms with Gasteiger partial charge in [0, 0.05) is 17.6 Å². The van der Waals surface area contributed by atoms with E-state index >= 15 is 0 Å². The Bertz CT molecular complexity index is 1180. The fraction of sp³-hybridized carbons (Fsp3) is 0.423. The van der Waals surface area contributed by atoms with Gasteiger partial charge in [-0.15, -0.1) is 0 Å². The van der Waals surface area contributed by atoms with Crippen molar-refractivity contribution in [1.82, 2.24) is 19.8 Å². The Kier molecular flexibility index (Phi) is 5.87. The number of fused-ring (bicyclic) bond motifs is 3. The molecule has 0 spiro atoms. The Morgan fingerprint density at radius 2 is 1.79 bits per heavy atom. The number of nitrogens with one attached hydrogen (secondary N) is 1.